The van der Waals surface area contributed by atoms with Crippen molar-refractivity contribution < 1.29 is 4.79 Å². The van der Waals surface area contributed by atoms with E-state index < -0.39 is 0 Å². The van der Waals surface area contributed by atoms with E-state index in [4.69, 9.17) is 0 Å². The molecule has 2 rings (SSSR count). The predicted molar refractivity (Wildman–Crippen MR) is 90.0 cm³/mol. The standard InChI is InChI=1S/C19H24N2O/c1-19(2,3)16-10-11-17(20-12-16)18(22)14-21(4)13-15-8-6-5-7-9-15/h5-12H,13-14H2,1-4H3. The van der Waals surface area contributed by atoms with Gasteiger partial charge in [-0.15, -0.1) is 0 Å². The number of benzene rings is 1. The van der Waals surface area contributed by atoms with Gasteiger partial charge in [0.25, 0.3) is 0 Å². The van der Waals surface area contributed by atoms with Crippen LogP contribution in [0.1, 0.15) is 42.4 Å². The van der Waals surface area contributed by atoms with Gasteiger partial charge in [0, 0.05) is 12.7 Å². The SMILES string of the molecule is CN(CC(=O)c1ccc(C(C)(C)C)cn1)Cc1ccccc1. The Morgan fingerprint density at radius 1 is 1.09 bits per heavy atom. The summed E-state index contributed by atoms with van der Waals surface area (Å²) in [5.41, 5.74) is 2.93. The third-order valence-corrected chi connectivity index (χ3v) is 3.62. The molecule has 1 aromatic carbocycles. The summed E-state index contributed by atoms with van der Waals surface area (Å²) < 4.78 is 0. The molecule has 0 atom stereocenters. The van der Waals surface area contributed by atoms with Gasteiger partial charge in [0.1, 0.15) is 5.69 Å². The number of aromatic nitrogens is 1. The van der Waals surface area contributed by atoms with Crippen molar-refractivity contribution in [1.82, 2.24) is 9.88 Å². The average molecular weight is 296 g/mol. The number of carbonyl (C=O) groups is 1. The van der Waals surface area contributed by atoms with Crippen LogP contribution < -0.4 is 0 Å². The molecular weight excluding hydrogens is 272 g/mol. The number of rotatable bonds is 5. The van der Waals surface area contributed by atoms with Crippen LogP contribution in [0.4, 0.5) is 0 Å². The van der Waals surface area contributed by atoms with Crippen LogP contribution in [-0.4, -0.2) is 29.3 Å². The van der Waals surface area contributed by atoms with Gasteiger partial charge in [0.15, 0.2) is 5.78 Å². The summed E-state index contributed by atoms with van der Waals surface area (Å²) in [6, 6.07) is 14.0. The first kappa shape index (κ1) is 16.4. The molecule has 1 heterocycles. The highest BCUT2D eigenvalue weighted by molar-refractivity contribution is 5.95. The van der Waals surface area contributed by atoms with Crippen LogP contribution in [-0.2, 0) is 12.0 Å². The Morgan fingerprint density at radius 2 is 1.77 bits per heavy atom. The van der Waals surface area contributed by atoms with Crippen molar-refractivity contribution in [2.24, 2.45) is 0 Å². The van der Waals surface area contributed by atoms with Crippen LogP contribution in [0.15, 0.2) is 48.7 Å². The summed E-state index contributed by atoms with van der Waals surface area (Å²) in [5.74, 6) is 0.0545. The van der Waals surface area contributed by atoms with Gasteiger partial charge in [-0.25, -0.2) is 0 Å². The van der Waals surface area contributed by atoms with E-state index in [1.165, 1.54) is 5.56 Å². The van der Waals surface area contributed by atoms with E-state index in [1.54, 1.807) is 0 Å². The van der Waals surface area contributed by atoms with Crippen molar-refractivity contribution in [2.45, 2.75) is 32.7 Å². The smallest absolute Gasteiger partial charge is 0.195 e. The molecule has 0 spiro atoms. The van der Waals surface area contributed by atoms with Crippen molar-refractivity contribution in [1.29, 1.82) is 0 Å². The number of Topliss-reactive ketones (excluding diaryl/α,β-unsaturated/α-hetero) is 1. The molecule has 2 aromatic rings. The minimum Gasteiger partial charge on any atom is -0.295 e. The molecule has 116 valence electrons. The molecule has 0 radical (unpaired) electrons. The van der Waals surface area contributed by atoms with Gasteiger partial charge in [-0.05, 0) is 29.7 Å². The largest absolute Gasteiger partial charge is 0.295 e. The molecule has 0 saturated carbocycles. The highest BCUT2D eigenvalue weighted by Crippen LogP contribution is 2.21. The third kappa shape index (κ3) is 4.50. The van der Waals surface area contributed by atoms with Crippen LogP contribution in [0, 0.1) is 0 Å². The lowest BCUT2D eigenvalue weighted by Crippen LogP contribution is -2.26. The highest BCUT2D eigenvalue weighted by Gasteiger charge is 2.16. The van der Waals surface area contributed by atoms with Crippen LogP contribution in [0.3, 0.4) is 0 Å². The minimum atomic E-state index is 0.0542. The number of nitrogens with zero attached hydrogens (tertiary/aromatic N) is 2. The molecule has 22 heavy (non-hydrogen) atoms. The van der Waals surface area contributed by atoms with E-state index in [-0.39, 0.29) is 11.2 Å². The van der Waals surface area contributed by atoms with E-state index in [0.29, 0.717) is 12.2 Å². The number of hydrogen-bond acceptors (Lipinski definition) is 3. The second-order valence-electron chi connectivity index (χ2n) is 6.76. The molecule has 1 aromatic heterocycles. The van der Waals surface area contributed by atoms with E-state index in [1.807, 2.05) is 48.5 Å². The van der Waals surface area contributed by atoms with Crippen LogP contribution in [0.25, 0.3) is 0 Å². The number of likely N-dealkylation sites (N-methyl/N-ethyl adjacent to an activating group) is 1. The maximum atomic E-state index is 12.3. The van der Waals surface area contributed by atoms with E-state index >= 15 is 0 Å². The van der Waals surface area contributed by atoms with Crippen molar-refractivity contribution in [2.75, 3.05) is 13.6 Å². The monoisotopic (exact) mass is 296 g/mol. The zero-order valence-electron chi connectivity index (χ0n) is 13.8. The van der Waals surface area contributed by atoms with Gasteiger partial charge < -0.3 is 0 Å². The van der Waals surface area contributed by atoms with Gasteiger partial charge in [0.2, 0.25) is 0 Å². The van der Waals surface area contributed by atoms with Crippen LogP contribution in [0.5, 0.6) is 0 Å². The van der Waals surface area contributed by atoms with Crippen LogP contribution >= 0.6 is 0 Å². The summed E-state index contributed by atoms with van der Waals surface area (Å²) in [7, 11) is 1.95. The molecule has 0 bridgehead atoms. The Balaban J connectivity index is 1.97. The molecule has 3 heteroatoms. The Hall–Kier alpha value is -2.00. The maximum Gasteiger partial charge on any atom is 0.195 e. The number of pyridine rings is 1. The van der Waals surface area contributed by atoms with E-state index in [0.717, 1.165) is 12.1 Å². The lowest BCUT2D eigenvalue weighted by atomic mass is 9.88. The fraction of sp³-hybridized carbons (Fsp3) is 0.368. The summed E-state index contributed by atoms with van der Waals surface area (Å²) in [5, 5.41) is 0. The molecular formula is C19H24N2O. The summed E-state index contributed by atoms with van der Waals surface area (Å²) in [6.07, 6.45) is 1.81. The molecule has 3 nitrogen and oxygen atoms in total. The first-order valence-electron chi connectivity index (χ1n) is 7.58. The number of hydrogen-bond donors (Lipinski definition) is 0. The minimum absolute atomic E-state index is 0.0542. The number of ketones is 1. The number of carbonyl (C=O) groups excluding carboxylic acids is 1. The predicted octanol–water partition coefficient (Wildman–Crippen LogP) is 3.69. The fourth-order valence-corrected chi connectivity index (χ4v) is 2.28. The Morgan fingerprint density at radius 3 is 2.32 bits per heavy atom. The Bertz CT molecular complexity index is 612. The fourth-order valence-electron chi connectivity index (χ4n) is 2.28. The second-order valence-corrected chi connectivity index (χ2v) is 6.76. The molecule has 0 amide bonds. The molecule has 0 saturated heterocycles. The average Bonchev–Trinajstić information content (AvgIpc) is 2.47. The molecule has 0 aliphatic heterocycles. The highest BCUT2D eigenvalue weighted by atomic mass is 16.1. The summed E-state index contributed by atoms with van der Waals surface area (Å²) in [6.45, 7) is 7.54. The van der Waals surface area contributed by atoms with Crippen LogP contribution in [0.2, 0.25) is 0 Å². The van der Waals surface area contributed by atoms with Crippen molar-refractivity contribution in [3.8, 4) is 0 Å². The molecule has 0 aliphatic rings. The van der Waals surface area contributed by atoms with Gasteiger partial charge >= 0.3 is 0 Å². The van der Waals surface area contributed by atoms with Gasteiger partial charge in [-0.3, -0.25) is 14.7 Å². The lowest BCUT2D eigenvalue weighted by molar-refractivity contribution is 0.0938. The first-order chi connectivity index (χ1) is 10.4. The second kappa shape index (κ2) is 6.84. The zero-order chi connectivity index (χ0) is 16.2. The Labute approximate surface area is 133 Å². The zero-order valence-corrected chi connectivity index (χ0v) is 13.8. The van der Waals surface area contributed by atoms with Crippen molar-refractivity contribution in [3.05, 3.63) is 65.5 Å². The molecule has 0 N–H and O–H groups in total. The molecule has 0 aliphatic carbocycles. The lowest BCUT2D eigenvalue weighted by Gasteiger charge is -2.19. The first-order valence-corrected chi connectivity index (χ1v) is 7.58. The van der Waals surface area contributed by atoms with Gasteiger partial charge in [-0.1, -0.05) is 57.2 Å². The quantitative estimate of drug-likeness (QED) is 0.789. The molecule has 0 unspecified atom stereocenters. The third-order valence-electron chi connectivity index (χ3n) is 3.62. The topological polar surface area (TPSA) is 33.2 Å². The van der Waals surface area contributed by atoms with E-state index in [2.05, 4.69) is 37.9 Å². The van der Waals surface area contributed by atoms with Gasteiger partial charge in [-0.2, -0.15) is 0 Å². The van der Waals surface area contributed by atoms with Gasteiger partial charge in [0.05, 0.1) is 6.54 Å². The maximum absolute atomic E-state index is 12.3. The van der Waals surface area contributed by atoms with E-state index in [9.17, 15) is 4.79 Å². The Kier molecular flexibility index (Phi) is 5.09. The summed E-state index contributed by atoms with van der Waals surface area (Å²) in [4.78, 5) is 18.6. The molecule has 0 fully saturated rings. The van der Waals surface area contributed by atoms with Crippen molar-refractivity contribution >= 4 is 5.78 Å². The summed E-state index contributed by atoms with van der Waals surface area (Å²) >= 11 is 0. The van der Waals surface area contributed by atoms with Crippen molar-refractivity contribution in [3.63, 3.8) is 0 Å². The normalized spacial score (nSPS) is 11.7.